The zero-order valence-corrected chi connectivity index (χ0v) is 14.9. The van der Waals surface area contributed by atoms with E-state index in [-0.39, 0.29) is 11.5 Å². The zero-order chi connectivity index (χ0) is 16.7. The molecular weight excluding hydrogens is 312 g/mol. The van der Waals surface area contributed by atoms with E-state index in [1.807, 2.05) is 12.1 Å². The lowest BCUT2D eigenvalue weighted by atomic mass is 9.70. The highest BCUT2D eigenvalue weighted by atomic mass is 32.2. The van der Waals surface area contributed by atoms with Crippen molar-refractivity contribution >= 4 is 10.1 Å². The Hall–Kier alpha value is -1.07. The summed E-state index contributed by atoms with van der Waals surface area (Å²) < 4.78 is 36.0. The molecule has 1 aromatic carbocycles. The van der Waals surface area contributed by atoms with Crippen LogP contribution in [0, 0.1) is 5.41 Å². The van der Waals surface area contributed by atoms with Crippen molar-refractivity contribution in [3.8, 4) is 5.75 Å². The van der Waals surface area contributed by atoms with E-state index in [9.17, 15) is 8.42 Å². The number of hydrogen-bond donors (Lipinski definition) is 0. The first-order valence-corrected chi connectivity index (χ1v) is 9.96. The summed E-state index contributed by atoms with van der Waals surface area (Å²) >= 11 is 0. The Balaban J connectivity index is 1.67. The van der Waals surface area contributed by atoms with Crippen LogP contribution in [0.5, 0.6) is 5.75 Å². The maximum atomic E-state index is 12.5. The molecule has 1 aliphatic heterocycles. The standard InChI is InChI=1S/C18H26O4S/c1-4-13(2)14-5-7-15(8-6-14)22-23(19,20)16-9-10-18(3)12-21-17(18)11-16/h5-8,13,16-17H,4,9-12H2,1-3H3. The van der Waals surface area contributed by atoms with Crippen LogP contribution in [0.2, 0.25) is 0 Å². The van der Waals surface area contributed by atoms with Gasteiger partial charge in [-0.15, -0.1) is 0 Å². The minimum absolute atomic E-state index is 0.0624. The van der Waals surface area contributed by atoms with Gasteiger partial charge in [0.05, 0.1) is 18.0 Å². The highest BCUT2D eigenvalue weighted by molar-refractivity contribution is 7.87. The smallest absolute Gasteiger partial charge is 0.312 e. The second kappa shape index (κ2) is 6.10. The van der Waals surface area contributed by atoms with Crippen LogP contribution < -0.4 is 4.18 Å². The molecule has 2 aliphatic rings. The molecule has 23 heavy (non-hydrogen) atoms. The van der Waals surface area contributed by atoms with E-state index >= 15 is 0 Å². The topological polar surface area (TPSA) is 52.6 Å². The first kappa shape index (κ1) is 16.8. The van der Waals surface area contributed by atoms with Gasteiger partial charge in [-0.1, -0.05) is 32.9 Å². The van der Waals surface area contributed by atoms with Gasteiger partial charge in [0.2, 0.25) is 0 Å². The molecule has 1 heterocycles. The number of hydrogen-bond acceptors (Lipinski definition) is 4. The van der Waals surface area contributed by atoms with Crippen molar-refractivity contribution in [2.75, 3.05) is 6.61 Å². The summed E-state index contributed by atoms with van der Waals surface area (Å²) in [5.41, 5.74) is 1.37. The molecular formula is C18H26O4S. The molecule has 1 aliphatic carbocycles. The van der Waals surface area contributed by atoms with E-state index in [2.05, 4.69) is 20.8 Å². The predicted molar refractivity (Wildman–Crippen MR) is 90.2 cm³/mol. The van der Waals surface area contributed by atoms with Crippen molar-refractivity contribution in [3.63, 3.8) is 0 Å². The maximum Gasteiger partial charge on any atom is 0.312 e. The average Bonchev–Trinajstić information content (AvgIpc) is 2.51. The molecule has 0 aromatic heterocycles. The van der Waals surface area contributed by atoms with Crippen LogP contribution in [-0.2, 0) is 14.9 Å². The van der Waals surface area contributed by atoms with Crippen molar-refractivity contribution in [1.82, 2.24) is 0 Å². The molecule has 4 atom stereocenters. The molecule has 0 radical (unpaired) electrons. The first-order chi connectivity index (χ1) is 10.8. The predicted octanol–water partition coefficient (Wildman–Crippen LogP) is 3.87. The molecule has 0 bridgehead atoms. The van der Waals surface area contributed by atoms with Crippen LogP contribution in [0.1, 0.15) is 57.9 Å². The second-order valence-electron chi connectivity index (χ2n) is 7.30. The second-order valence-corrected chi connectivity index (χ2v) is 9.12. The van der Waals surface area contributed by atoms with Gasteiger partial charge in [-0.25, -0.2) is 0 Å². The highest BCUT2D eigenvalue weighted by Gasteiger charge is 2.51. The summed E-state index contributed by atoms with van der Waals surface area (Å²) in [6, 6.07) is 7.41. The third-order valence-electron chi connectivity index (χ3n) is 5.59. The normalized spacial score (nSPS) is 31.8. The summed E-state index contributed by atoms with van der Waals surface area (Å²) in [4.78, 5) is 0. The van der Waals surface area contributed by atoms with E-state index in [0.29, 0.717) is 24.5 Å². The third-order valence-corrected chi connectivity index (χ3v) is 7.26. The molecule has 0 spiro atoms. The number of benzene rings is 1. The molecule has 0 N–H and O–H groups in total. The summed E-state index contributed by atoms with van der Waals surface area (Å²) in [7, 11) is -3.60. The van der Waals surface area contributed by atoms with Crippen LogP contribution in [0.15, 0.2) is 24.3 Å². The van der Waals surface area contributed by atoms with Gasteiger partial charge < -0.3 is 8.92 Å². The van der Waals surface area contributed by atoms with Crippen molar-refractivity contribution in [3.05, 3.63) is 29.8 Å². The van der Waals surface area contributed by atoms with Crippen LogP contribution >= 0.6 is 0 Å². The van der Waals surface area contributed by atoms with Gasteiger partial charge in [0, 0.05) is 5.41 Å². The van der Waals surface area contributed by atoms with Crippen LogP contribution in [-0.4, -0.2) is 26.4 Å². The molecule has 0 amide bonds. The molecule has 4 unspecified atom stereocenters. The number of rotatable bonds is 5. The lowest BCUT2D eigenvalue weighted by Gasteiger charge is -2.51. The van der Waals surface area contributed by atoms with Crippen LogP contribution in [0.4, 0.5) is 0 Å². The Kier molecular flexibility index (Phi) is 4.45. The minimum Gasteiger partial charge on any atom is -0.382 e. The van der Waals surface area contributed by atoms with E-state index < -0.39 is 15.4 Å². The number of fused-ring (bicyclic) bond motifs is 1. The van der Waals surface area contributed by atoms with Gasteiger partial charge in [-0.05, 0) is 49.3 Å². The van der Waals surface area contributed by atoms with Crippen molar-refractivity contribution in [1.29, 1.82) is 0 Å². The van der Waals surface area contributed by atoms with Crippen molar-refractivity contribution in [2.45, 2.75) is 63.7 Å². The number of ether oxygens (including phenoxy) is 1. The van der Waals surface area contributed by atoms with Gasteiger partial charge in [0.15, 0.2) is 0 Å². The average molecular weight is 338 g/mol. The van der Waals surface area contributed by atoms with E-state index in [4.69, 9.17) is 8.92 Å². The fourth-order valence-corrected chi connectivity index (χ4v) is 4.80. The molecule has 2 fully saturated rings. The summed E-state index contributed by atoms with van der Waals surface area (Å²) in [5.74, 6) is 0.868. The third kappa shape index (κ3) is 3.26. The largest absolute Gasteiger partial charge is 0.382 e. The Morgan fingerprint density at radius 2 is 2.04 bits per heavy atom. The van der Waals surface area contributed by atoms with Crippen molar-refractivity contribution in [2.24, 2.45) is 5.41 Å². The van der Waals surface area contributed by atoms with E-state index in [0.717, 1.165) is 19.4 Å². The molecule has 1 saturated carbocycles. The lowest BCUT2D eigenvalue weighted by molar-refractivity contribution is -0.195. The zero-order valence-electron chi connectivity index (χ0n) is 14.1. The molecule has 4 nitrogen and oxygen atoms in total. The van der Waals surface area contributed by atoms with Gasteiger partial charge in [-0.3, -0.25) is 0 Å². The fraction of sp³-hybridized carbons (Fsp3) is 0.667. The summed E-state index contributed by atoms with van der Waals surface area (Å²) in [5, 5.41) is -0.463. The highest BCUT2D eigenvalue weighted by Crippen LogP contribution is 2.47. The fourth-order valence-electron chi connectivity index (χ4n) is 3.47. The molecule has 1 aromatic rings. The Morgan fingerprint density at radius 3 is 2.57 bits per heavy atom. The first-order valence-electron chi connectivity index (χ1n) is 8.49. The Bertz CT molecular complexity index is 652. The van der Waals surface area contributed by atoms with Gasteiger partial charge >= 0.3 is 10.1 Å². The molecule has 3 rings (SSSR count). The van der Waals surface area contributed by atoms with Crippen LogP contribution in [0.25, 0.3) is 0 Å². The molecule has 128 valence electrons. The Labute approximate surface area is 139 Å². The minimum atomic E-state index is -3.60. The van der Waals surface area contributed by atoms with Gasteiger partial charge in [0.1, 0.15) is 5.75 Å². The van der Waals surface area contributed by atoms with E-state index in [1.54, 1.807) is 12.1 Å². The lowest BCUT2D eigenvalue weighted by Crippen LogP contribution is -2.55. The molecule has 5 heteroatoms. The van der Waals surface area contributed by atoms with Crippen LogP contribution in [0.3, 0.4) is 0 Å². The quantitative estimate of drug-likeness (QED) is 0.765. The van der Waals surface area contributed by atoms with Crippen molar-refractivity contribution < 1.29 is 17.3 Å². The maximum absolute atomic E-state index is 12.5. The van der Waals surface area contributed by atoms with Gasteiger partial charge in [0.25, 0.3) is 0 Å². The summed E-state index contributed by atoms with van der Waals surface area (Å²) in [6.07, 6.45) is 3.21. The molecule has 1 saturated heterocycles. The SMILES string of the molecule is CCC(C)c1ccc(OS(=O)(=O)C2CCC3(C)COC3C2)cc1. The summed E-state index contributed by atoms with van der Waals surface area (Å²) in [6.45, 7) is 7.23. The van der Waals surface area contributed by atoms with Gasteiger partial charge in [-0.2, -0.15) is 8.42 Å². The Morgan fingerprint density at radius 1 is 1.35 bits per heavy atom. The monoisotopic (exact) mass is 338 g/mol. The van der Waals surface area contributed by atoms with E-state index in [1.165, 1.54) is 5.56 Å².